The van der Waals surface area contributed by atoms with Gasteiger partial charge in [0.25, 0.3) is 0 Å². The van der Waals surface area contributed by atoms with Gasteiger partial charge in [0.1, 0.15) is 0 Å². The maximum atomic E-state index is 11.9. The van der Waals surface area contributed by atoms with Crippen molar-refractivity contribution in [2.24, 2.45) is 10.4 Å². The molecule has 0 aromatic heterocycles. The molecule has 2 heterocycles. The highest BCUT2D eigenvalue weighted by Crippen LogP contribution is 2.43. The number of amides is 1. The van der Waals surface area contributed by atoms with E-state index in [1.165, 1.54) is 49.7 Å². The van der Waals surface area contributed by atoms with Crippen LogP contribution in [0.15, 0.2) is 29.3 Å². The Labute approximate surface area is 198 Å². The van der Waals surface area contributed by atoms with Gasteiger partial charge in [-0.05, 0) is 49.1 Å². The average molecular weight is 524 g/mol. The molecule has 30 heavy (non-hydrogen) atoms. The Morgan fingerprint density at radius 1 is 1.10 bits per heavy atom. The minimum atomic E-state index is 0. The van der Waals surface area contributed by atoms with Crippen LogP contribution >= 0.6 is 24.0 Å². The fourth-order valence-electron chi connectivity index (χ4n) is 5.34. The molecule has 6 heteroatoms. The number of likely N-dealkylation sites (tertiary alicyclic amines) is 2. The molecule has 1 aromatic rings. The Kier molecular flexibility index (Phi) is 8.43. The van der Waals surface area contributed by atoms with Crippen LogP contribution in [-0.2, 0) is 17.9 Å². The quantitative estimate of drug-likeness (QED) is 0.350. The van der Waals surface area contributed by atoms with Crippen molar-refractivity contribution in [1.29, 1.82) is 0 Å². The van der Waals surface area contributed by atoms with E-state index >= 15 is 0 Å². The maximum absolute atomic E-state index is 11.9. The lowest BCUT2D eigenvalue weighted by Crippen LogP contribution is -2.41. The van der Waals surface area contributed by atoms with E-state index in [1.54, 1.807) is 0 Å². The maximum Gasteiger partial charge on any atom is 0.222 e. The molecule has 2 saturated heterocycles. The zero-order chi connectivity index (χ0) is 20.1. The Balaban J connectivity index is 0.00000256. The Morgan fingerprint density at radius 2 is 1.90 bits per heavy atom. The number of nitrogens with one attached hydrogen (secondary N) is 1. The zero-order valence-corrected chi connectivity index (χ0v) is 20.7. The molecule has 0 atom stereocenters. The van der Waals surface area contributed by atoms with Crippen molar-refractivity contribution in [3.63, 3.8) is 0 Å². The second-order valence-corrected chi connectivity index (χ2v) is 9.14. The van der Waals surface area contributed by atoms with Crippen molar-refractivity contribution in [3.8, 4) is 0 Å². The number of halogens is 1. The molecule has 1 saturated carbocycles. The smallest absolute Gasteiger partial charge is 0.222 e. The monoisotopic (exact) mass is 524 g/mol. The summed E-state index contributed by atoms with van der Waals surface area (Å²) in [4.78, 5) is 21.4. The summed E-state index contributed by atoms with van der Waals surface area (Å²) in [5.74, 6) is 1.35. The van der Waals surface area contributed by atoms with Crippen LogP contribution in [0.4, 0.5) is 0 Å². The van der Waals surface area contributed by atoms with Crippen LogP contribution in [0.5, 0.6) is 0 Å². The molecule has 1 spiro atoms. The summed E-state index contributed by atoms with van der Waals surface area (Å²) >= 11 is 0. The Morgan fingerprint density at radius 3 is 2.63 bits per heavy atom. The Hall–Kier alpha value is -1.31. The summed E-state index contributed by atoms with van der Waals surface area (Å²) in [6, 6.07) is 8.58. The first kappa shape index (κ1) is 23.4. The predicted octanol–water partition coefficient (Wildman–Crippen LogP) is 4.55. The topological polar surface area (TPSA) is 47.9 Å². The van der Waals surface area contributed by atoms with Crippen LogP contribution in [-0.4, -0.2) is 47.8 Å². The van der Waals surface area contributed by atoms with Gasteiger partial charge in [0.15, 0.2) is 5.96 Å². The van der Waals surface area contributed by atoms with Crippen LogP contribution < -0.4 is 5.32 Å². The molecule has 2 aliphatic heterocycles. The van der Waals surface area contributed by atoms with E-state index in [4.69, 9.17) is 4.99 Å². The van der Waals surface area contributed by atoms with Crippen molar-refractivity contribution in [2.75, 3.05) is 26.2 Å². The van der Waals surface area contributed by atoms with E-state index in [0.717, 1.165) is 45.1 Å². The van der Waals surface area contributed by atoms with Crippen LogP contribution in [0, 0.1) is 5.41 Å². The molecule has 0 radical (unpaired) electrons. The van der Waals surface area contributed by atoms with Gasteiger partial charge >= 0.3 is 0 Å². The van der Waals surface area contributed by atoms with E-state index in [9.17, 15) is 4.79 Å². The third kappa shape index (κ3) is 5.68. The van der Waals surface area contributed by atoms with Crippen LogP contribution in [0.25, 0.3) is 0 Å². The lowest BCUT2D eigenvalue weighted by Gasteiger charge is -2.33. The number of nitrogens with zero attached hydrogens (tertiary/aromatic N) is 3. The summed E-state index contributed by atoms with van der Waals surface area (Å²) in [7, 11) is 0. The normalized spacial score (nSPS) is 21.2. The van der Waals surface area contributed by atoms with Crippen LogP contribution in [0.3, 0.4) is 0 Å². The van der Waals surface area contributed by atoms with Gasteiger partial charge in [0.05, 0.1) is 6.54 Å². The number of guanidine groups is 1. The molecule has 1 aromatic carbocycles. The van der Waals surface area contributed by atoms with E-state index in [0.29, 0.717) is 18.4 Å². The van der Waals surface area contributed by atoms with Gasteiger partial charge in [-0.3, -0.25) is 4.79 Å². The van der Waals surface area contributed by atoms with Crippen molar-refractivity contribution >= 4 is 35.8 Å². The highest BCUT2D eigenvalue weighted by atomic mass is 127. The molecule has 3 fully saturated rings. The van der Waals surface area contributed by atoms with Gasteiger partial charge in [-0.2, -0.15) is 0 Å². The van der Waals surface area contributed by atoms with Gasteiger partial charge in [-0.25, -0.2) is 4.99 Å². The number of aliphatic imine (C=N–C) groups is 1. The molecular formula is C24H37IN4O. The Bertz CT molecular complexity index is 744. The first-order valence-corrected chi connectivity index (χ1v) is 11.6. The fourth-order valence-corrected chi connectivity index (χ4v) is 5.34. The average Bonchev–Trinajstić information content (AvgIpc) is 3.33. The molecule has 4 rings (SSSR count). The van der Waals surface area contributed by atoms with Crippen LogP contribution in [0.2, 0.25) is 0 Å². The SMILES string of the molecule is CCNC(=NCc1cccc(CN2CCCC2=O)c1)N1CCC2(CCCCC2)C1.I. The summed E-state index contributed by atoms with van der Waals surface area (Å²) < 4.78 is 0. The van der Waals surface area contributed by atoms with Crippen molar-refractivity contribution in [2.45, 2.75) is 71.4 Å². The molecule has 1 N–H and O–H groups in total. The number of carbonyl (C=O) groups is 1. The third-order valence-electron chi connectivity index (χ3n) is 6.93. The minimum Gasteiger partial charge on any atom is -0.357 e. The lowest BCUT2D eigenvalue weighted by atomic mass is 9.73. The first-order valence-electron chi connectivity index (χ1n) is 11.6. The summed E-state index contributed by atoms with van der Waals surface area (Å²) in [6.07, 6.45) is 9.99. The van der Waals surface area contributed by atoms with E-state index in [-0.39, 0.29) is 29.9 Å². The molecular weight excluding hydrogens is 487 g/mol. The van der Waals surface area contributed by atoms with Gasteiger partial charge in [0, 0.05) is 39.1 Å². The second kappa shape index (κ2) is 10.8. The zero-order valence-electron chi connectivity index (χ0n) is 18.4. The molecule has 3 aliphatic rings. The van der Waals surface area contributed by atoms with Gasteiger partial charge in [-0.1, -0.05) is 43.5 Å². The largest absolute Gasteiger partial charge is 0.357 e. The molecule has 5 nitrogen and oxygen atoms in total. The van der Waals surface area contributed by atoms with E-state index in [1.807, 2.05) is 4.90 Å². The first-order chi connectivity index (χ1) is 14.2. The van der Waals surface area contributed by atoms with Gasteiger partial charge in [0.2, 0.25) is 5.91 Å². The minimum absolute atomic E-state index is 0. The van der Waals surface area contributed by atoms with Crippen molar-refractivity contribution in [1.82, 2.24) is 15.1 Å². The highest BCUT2D eigenvalue weighted by molar-refractivity contribution is 14.0. The number of carbonyl (C=O) groups excluding carboxylic acids is 1. The van der Waals surface area contributed by atoms with Crippen molar-refractivity contribution < 1.29 is 4.79 Å². The van der Waals surface area contributed by atoms with Crippen LogP contribution in [0.1, 0.15) is 69.4 Å². The third-order valence-corrected chi connectivity index (χ3v) is 6.93. The fraction of sp³-hybridized carbons (Fsp3) is 0.667. The van der Waals surface area contributed by atoms with E-state index < -0.39 is 0 Å². The molecule has 1 amide bonds. The molecule has 0 unspecified atom stereocenters. The van der Waals surface area contributed by atoms with Gasteiger partial charge in [-0.15, -0.1) is 24.0 Å². The van der Waals surface area contributed by atoms with Gasteiger partial charge < -0.3 is 15.1 Å². The number of hydrogen-bond acceptors (Lipinski definition) is 2. The lowest BCUT2D eigenvalue weighted by molar-refractivity contribution is -0.128. The summed E-state index contributed by atoms with van der Waals surface area (Å²) in [5, 5.41) is 3.52. The van der Waals surface area contributed by atoms with Crippen molar-refractivity contribution in [3.05, 3.63) is 35.4 Å². The number of rotatable bonds is 5. The van der Waals surface area contributed by atoms with E-state index in [2.05, 4.69) is 41.4 Å². The molecule has 1 aliphatic carbocycles. The molecule has 166 valence electrons. The summed E-state index contributed by atoms with van der Waals surface area (Å²) in [6.45, 7) is 7.65. The standard InChI is InChI=1S/C24H36N4O.HI/c1-2-25-23(28-15-13-24(19-28)11-4-3-5-12-24)26-17-20-8-6-9-21(16-20)18-27-14-7-10-22(27)29;/h6,8-9,16H,2-5,7,10-15,17-19H2,1H3,(H,25,26);1H. The predicted molar refractivity (Wildman–Crippen MR) is 133 cm³/mol. The number of hydrogen-bond donors (Lipinski definition) is 1. The highest BCUT2D eigenvalue weighted by Gasteiger charge is 2.39. The second-order valence-electron chi connectivity index (χ2n) is 9.14. The summed E-state index contributed by atoms with van der Waals surface area (Å²) in [5.41, 5.74) is 2.97. The number of benzene rings is 1. The molecule has 0 bridgehead atoms.